The summed E-state index contributed by atoms with van der Waals surface area (Å²) in [6.07, 6.45) is 0. The fourth-order valence-electron chi connectivity index (χ4n) is 2.35. The van der Waals surface area contributed by atoms with Gasteiger partial charge in [0.15, 0.2) is 0 Å². The van der Waals surface area contributed by atoms with E-state index in [1.54, 1.807) is 13.2 Å². The van der Waals surface area contributed by atoms with Gasteiger partial charge in [-0.05, 0) is 18.2 Å². The minimum atomic E-state index is 0.638. The van der Waals surface area contributed by atoms with Crippen LogP contribution < -0.4 is 10.6 Å². The van der Waals surface area contributed by atoms with Gasteiger partial charge in [-0.2, -0.15) is 5.26 Å². The Labute approximate surface area is 114 Å². The molecule has 1 aliphatic heterocycles. The largest absolute Gasteiger partial charge is 0.399 e. The van der Waals surface area contributed by atoms with Gasteiger partial charge in [-0.25, -0.2) is 0 Å². The molecule has 0 aromatic heterocycles. The van der Waals surface area contributed by atoms with Gasteiger partial charge in [0.1, 0.15) is 6.07 Å². The van der Waals surface area contributed by atoms with Crippen LogP contribution in [0.25, 0.3) is 0 Å². The molecule has 0 spiro atoms. The number of anilines is 2. The third-order valence-electron chi connectivity index (χ3n) is 3.47. The van der Waals surface area contributed by atoms with Crippen molar-refractivity contribution in [3.8, 4) is 6.07 Å². The Bertz CT molecular complexity index is 461. The summed E-state index contributed by atoms with van der Waals surface area (Å²) in [6.45, 7) is 5.60. The highest BCUT2D eigenvalue weighted by atomic mass is 16.5. The zero-order chi connectivity index (χ0) is 13.7. The third kappa shape index (κ3) is 3.37. The summed E-state index contributed by atoms with van der Waals surface area (Å²) in [5, 5.41) is 9.18. The minimum absolute atomic E-state index is 0.638. The third-order valence-corrected chi connectivity index (χ3v) is 3.47. The highest BCUT2D eigenvalue weighted by Gasteiger charge is 2.18. The van der Waals surface area contributed by atoms with E-state index in [1.165, 1.54) is 0 Å². The van der Waals surface area contributed by atoms with E-state index in [0.29, 0.717) is 11.3 Å². The lowest BCUT2D eigenvalue weighted by Gasteiger charge is -2.36. The SMILES string of the molecule is COCCN1CCN(c2ccc(N)cc2C#N)CC1. The van der Waals surface area contributed by atoms with Crippen LogP contribution in [-0.2, 0) is 4.74 Å². The molecule has 0 aliphatic carbocycles. The van der Waals surface area contributed by atoms with Crippen LogP contribution in [-0.4, -0.2) is 51.3 Å². The first-order valence-electron chi connectivity index (χ1n) is 6.50. The second kappa shape index (κ2) is 6.41. The van der Waals surface area contributed by atoms with Crippen molar-refractivity contribution in [1.82, 2.24) is 4.90 Å². The first-order valence-corrected chi connectivity index (χ1v) is 6.50. The van der Waals surface area contributed by atoms with Gasteiger partial charge < -0.3 is 15.4 Å². The smallest absolute Gasteiger partial charge is 0.101 e. The maximum absolute atomic E-state index is 9.18. The molecule has 0 saturated carbocycles. The van der Waals surface area contributed by atoms with Gasteiger partial charge in [0.25, 0.3) is 0 Å². The maximum Gasteiger partial charge on any atom is 0.101 e. The predicted octanol–water partition coefficient (Wildman–Crippen LogP) is 0.909. The fraction of sp³-hybridized carbons (Fsp3) is 0.500. The van der Waals surface area contributed by atoms with Crippen LogP contribution in [0.1, 0.15) is 5.56 Å². The van der Waals surface area contributed by atoms with Crippen LogP contribution in [0, 0.1) is 11.3 Å². The molecule has 1 fully saturated rings. The molecule has 19 heavy (non-hydrogen) atoms. The number of nitrogen functional groups attached to an aromatic ring is 1. The summed E-state index contributed by atoms with van der Waals surface area (Å²) < 4.78 is 5.09. The Hall–Kier alpha value is -1.77. The average Bonchev–Trinajstić information content (AvgIpc) is 2.45. The molecule has 1 aromatic carbocycles. The van der Waals surface area contributed by atoms with Gasteiger partial charge in [-0.15, -0.1) is 0 Å². The summed E-state index contributed by atoms with van der Waals surface area (Å²) in [5.41, 5.74) is 8.00. The van der Waals surface area contributed by atoms with Crippen molar-refractivity contribution in [3.63, 3.8) is 0 Å². The molecule has 0 unspecified atom stereocenters. The predicted molar refractivity (Wildman–Crippen MR) is 76.1 cm³/mol. The molecule has 2 N–H and O–H groups in total. The second-order valence-corrected chi connectivity index (χ2v) is 4.71. The van der Waals surface area contributed by atoms with E-state index in [2.05, 4.69) is 15.9 Å². The van der Waals surface area contributed by atoms with Crippen LogP contribution in [0.5, 0.6) is 0 Å². The molecule has 1 heterocycles. The number of hydrogen-bond acceptors (Lipinski definition) is 5. The summed E-state index contributed by atoms with van der Waals surface area (Å²) in [4.78, 5) is 4.63. The lowest BCUT2D eigenvalue weighted by molar-refractivity contribution is 0.144. The average molecular weight is 260 g/mol. The maximum atomic E-state index is 9.18. The van der Waals surface area contributed by atoms with Crippen molar-refractivity contribution >= 4 is 11.4 Å². The number of piperazine rings is 1. The Morgan fingerprint density at radius 3 is 2.68 bits per heavy atom. The molecule has 0 bridgehead atoms. The van der Waals surface area contributed by atoms with E-state index in [0.717, 1.165) is 45.0 Å². The highest BCUT2D eigenvalue weighted by Crippen LogP contribution is 2.23. The van der Waals surface area contributed by atoms with Crippen molar-refractivity contribution in [2.75, 3.05) is 57.1 Å². The number of methoxy groups -OCH3 is 1. The lowest BCUT2D eigenvalue weighted by atomic mass is 10.1. The van der Waals surface area contributed by atoms with Gasteiger partial charge >= 0.3 is 0 Å². The molecule has 0 amide bonds. The number of ether oxygens (including phenoxy) is 1. The summed E-state index contributed by atoms with van der Waals surface area (Å²) in [5.74, 6) is 0. The molecule has 102 valence electrons. The fourth-order valence-corrected chi connectivity index (χ4v) is 2.35. The van der Waals surface area contributed by atoms with Crippen molar-refractivity contribution < 1.29 is 4.74 Å². The lowest BCUT2D eigenvalue weighted by Crippen LogP contribution is -2.47. The molecule has 0 radical (unpaired) electrons. The van der Waals surface area contributed by atoms with Gasteiger partial charge in [0, 0.05) is 45.5 Å². The minimum Gasteiger partial charge on any atom is -0.399 e. The number of nitriles is 1. The van der Waals surface area contributed by atoms with Gasteiger partial charge in [-0.3, -0.25) is 4.90 Å². The van der Waals surface area contributed by atoms with Crippen molar-refractivity contribution in [2.24, 2.45) is 0 Å². The topological polar surface area (TPSA) is 65.5 Å². The van der Waals surface area contributed by atoms with E-state index in [9.17, 15) is 5.26 Å². The zero-order valence-electron chi connectivity index (χ0n) is 11.3. The summed E-state index contributed by atoms with van der Waals surface area (Å²) in [7, 11) is 1.73. The number of nitrogens with two attached hydrogens (primary N) is 1. The molecule has 2 rings (SSSR count). The molecule has 0 atom stereocenters. The molecule has 5 nitrogen and oxygen atoms in total. The number of nitrogens with zero attached hydrogens (tertiary/aromatic N) is 3. The second-order valence-electron chi connectivity index (χ2n) is 4.71. The van der Waals surface area contributed by atoms with Gasteiger partial charge in [-0.1, -0.05) is 0 Å². The monoisotopic (exact) mass is 260 g/mol. The molecular formula is C14H20N4O. The zero-order valence-corrected chi connectivity index (χ0v) is 11.3. The van der Waals surface area contributed by atoms with E-state index >= 15 is 0 Å². The van der Waals surface area contributed by atoms with Crippen LogP contribution in [0.4, 0.5) is 11.4 Å². The first-order chi connectivity index (χ1) is 9.24. The molecule has 1 saturated heterocycles. The van der Waals surface area contributed by atoms with E-state index in [4.69, 9.17) is 10.5 Å². The Morgan fingerprint density at radius 1 is 1.32 bits per heavy atom. The molecular weight excluding hydrogens is 240 g/mol. The summed E-state index contributed by atoms with van der Waals surface area (Å²) >= 11 is 0. The van der Waals surface area contributed by atoms with Crippen LogP contribution in [0.15, 0.2) is 18.2 Å². The van der Waals surface area contributed by atoms with Crippen LogP contribution >= 0.6 is 0 Å². The van der Waals surface area contributed by atoms with Gasteiger partial charge in [0.05, 0.1) is 17.9 Å². The van der Waals surface area contributed by atoms with Gasteiger partial charge in [0.2, 0.25) is 0 Å². The van der Waals surface area contributed by atoms with Crippen molar-refractivity contribution in [2.45, 2.75) is 0 Å². The quantitative estimate of drug-likeness (QED) is 0.815. The standard InChI is InChI=1S/C14H20N4O/c1-19-9-8-17-4-6-18(7-5-17)14-3-2-13(16)10-12(14)11-15/h2-3,10H,4-9,16H2,1H3. The number of hydrogen-bond donors (Lipinski definition) is 1. The number of rotatable bonds is 4. The Balaban J connectivity index is 2.00. The molecule has 1 aromatic rings. The van der Waals surface area contributed by atoms with Crippen LogP contribution in [0.3, 0.4) is 0 Å². The van der Waals surface area contributed by atoms with E-state index in [1.807, 2.05) is 12.1 Å². The summed E-state index contributed by atoms with van der Waals surface area (Å²) in [6, 6.07) is 7.76. The number of benzene rings is 1. The first kappa shape index (κ1) is 13.7. The Morgan fingerprint density at radius 2 is 2.05 bits per heavy atom. The van der Waals surface area contributed by atoms with Crippen LogP contribution in [0.2, 0.25) is 0 Å². The van der Waals surface area contributed by atoms with E-state index < -0.39 is 0 Å². The van der Waals surface area contributed by atoms with E-state index in [-0.39, 0.29) is 0 Å². The molecule has 5 heteroatoms. The van der Waals surface area contributed by atoms with Crippen molar-refractivity contribution in [3.05, 3.63) is 23.8 Å². The normalized spacial score (nSPS) is 16.3. The Kier molecular flexibility index (Phi) is 4.61. The molecule has 1 aliphatic rings. The van der Waals surface area contributed by atoms with Crippen molar-refractivity contribution in [1.29, 1.82) is 5.26 Å². The highest BCUT2D eigenvalue weighted by molar-refractivity contribution is 5.64.